The van der Waals surface area contributed by atoms with E-state index < -0.39 is 0 Å². The third-order valence-electron chi connectivity index (χ3n) is 2.98. The van der Waals surface area contributed by atoms with Crippen LogP contribution in [0.15, 0.2) is 41.1 Å². The Bertz CT molecular complexity index is 671. The largest absolute Gasteiger partial charge is 0.363 e. The van der Waals surface area contributed by atoms with Crippen LogP contribution in [0, 0.1) is 5.92 Å². The molecule has 0 saturated carbocycles. The first-order chi connectivity index (χ1) is 11.0. The van der Waals surface area contributed by atoms with Gasteiger partial charge < -0.3 is 14.7 Å². The minimum absolute atomic E-state index is 0.0730. The minimum atomic E-state index is -0.338. The van der Waals surface area contributed by atoms with Crippen molar-refractivity contribution in [3.8, 4) is 0 Å². The van der Waals surface area contributed by atoms with Gasteiger partial charge in [0.1, 0.15) is 12.8 Å². The molecule has 23 heavy (non-hydrogen) atoms. The molecule has 0 spiro atoms. The quantitative estimate of drug-likeness (QED) is 0.880. The average molecular weight is 336 g/mol. The van der Waals surface area contributed by atoms with Gasteiger partial charge in [-0.2, -0.15) is 0 Å². The summed E-state index contributed by atoms with van der Waals surface area (Å²) in [5.74, 6) is -0.0425. The number of benzene rings is 1. The van der Waals surface area contributed by atoms with Gasteiger partial charge in [-0.05, 0) is 24.1 Å². The van der Waals surface area contributed by atoms with Crippen LogP contribution in [0.5, 0.6) is 0 Å². The predicted octanol–water partition coefficient (Wildman–Crippen LogP) is 3.06. The van der Waals surface area contributed by atoms with Crippen LogP contribution in [0.2, 0.25) is 5.02 Å². The highest BCUT2D eigenvalue weighted by atomic mass is 35.5. The van der Waals surface area contributed by atoms with Crippen molar-refractivity contribution >= 4 is 29.2 Å². The van der Waals surface area contributed by atoms with Crippen molar-refractivity contribution in [1.82, 2.24) is 10.1 Å². The Morgan fingerprint density at radius 1 is 1.35 bits per heavy atom. The number of carbonyl (C=O) groups excluding carboxylic acids is 2. The summed E-state index contributed by atoms with van der Waals surface area (Å²) in [6.45, 7) is 4.34. The van der Waals surface area contributed by atoms with Crippen LogP contribution in [0.3, 0.4) is 0 Å². The first kappa shape index (κ1) is 17.0. The molecule has 1 aromatic heterocycles. The van der Waals surface area contributed by atoms with Crippen molar-refractivity contribution in [3.05, 3.63) is 47.2 Å². The van der Waals surface area contributed by atoms with Crippen LogP contribution in [0.1, 0.15) is 24.2 Å². The topological polar surface area (TPSA) is 75.4 Å². The molecule has 0 aliphatic heterocycles. The zero-order chi connectivity index (χ0) is 16.8. The first-order valence-electron chi connectivity index (χ1n) is 7.21. The van der Waals surface area contributed by atoms with E-state index in [0.29, 0.717) is 22.9 Å². The number of rotatable bonds is 6. The molecular weight excluding hydrogens is 318 g/mol. The molecular formula is C16H18ClN3O3. The molecule has 2 aromatic rings. The zero-order valence-corrected chi connectivity index (χ0v) is 13.7. The van der Waals surface area contributed by atoms with Gasteiger partial charge in [-0.25, -0.2) is 0 Å². The SMILES string of the molecule is CC(C)CN(CC(=O)Nc1ccon1)C(=O)c1cccc(Cl)c1. The van der Waals surface area contributed by atoms with Crippen LogP contribution in [-0.2, 0) is 4.79 Å². The van der Waals surface area contributed by atoms with Crippen LogP contribution in [-0.4, -0.2) is 35.0 Å². The van der Waals surface area contributed by atoms with Crippen LogP contribution >= 0.6 is 11.6 Å². The lowest BCUT2D eigenvalue weighted by Gasteiger charge is -2.24. The summed E-state index contributed by atoms with van der Waals surface area (Å²) in [5.41, 5.74) is 0.451. The summed E-state index contributed by atoms with van der Waals surface area (Å²) < 4.78 is 4.65. The van der Waals surface area contributed by atoms with Gasteiger partial charge in [0.05, 0.1) is 0 Å². The van der Waals surface area contributed by atoms with Gasteiger partial charge in [0, 0.05) is 23.2 Å². The van der Waals surface area contributed by atoms with Gasteiger partial charge in [0.2, 0.25) is 5.91 Å². The monoisotopic (exact) mass is 335 g/mol. The molecule has 0 aliphatic carbocycles. The van der Waals surface area contributed by atoms with E-state index in [-0.39, 0.29) is 24.3 Å². The van der Waals surface area contributed by atoms with E-state index in [1.54, 1.807) is 24.3 Å². The maximum absolute atomic E-state index is 12.6. The van der Waals surface area contributed by atoms with Crippen molar-refractivity contribution in [2.75, 3.05) is 18.4 Å². The minimum Gasteiger partial charge on any atom is -0.363 e. The van der Waals surface area contributed by atoms with Gasteiger partial charge in [0.25, 0.3) is 5.91 Å². The fourth-order valence-electron chi connectivity index (χ4n) is 2.10. The molecule has 0 saturated heterocycles. The Balaban J connectivity index is 2.09. The summed E-state index contributed by atoms with van der Waals surface area (Å²) >= 11 is 5.93. The van der Waals surface area contributed by atoms with Crippen molar-refractivity contribution in [3.63, 3.8) is 0 Å². The molecule has 0 radical (unpaired) electrons. The van der Waals surface area contributed by atoms with Gasteiger partial charge in [-0.15, -0.1) is 0 Å². The van der Waals surface area contributed by atoms with E-state index in [2.05, 4.69) is 15.0 Å². The van der Waals surface area contributed by atoms with Gasteiger partial charge in [0.15, 0.2) is 5.82 Å². The fourth-order valence-corrected chi connectivity index (χ4v) is 2.29. The molecule has 0 atom stereocenters. The molecule has 1 aromatic carbocycles. The zero-order valence-electron chi connectivity index (χ0n) is 13.0. The lowest BCUT2D eigenvalue weighted by atomic mass is 10.1. The molecule has 6 nitrogen and oxygen atoms in total. The second-order valence-corrected chi connectivity index (χ2v) is 5.96. The van der Waals surface area contributed by atoms with E-state index in [1.807, 2.05) is 13.8 Å². The van der Waals surface area contributed by atoms with E-state index in [1.165, 1.54) is 17.2 Å². The average Bonchev–Trinajstić information content (AvgIpc) is 2.98. The Kier molecular flexibility index (Phi) is 5.76. The smallest absolute Gasteiger partial charge is 0.254 e. The molecule has 0 aliphatic rings. The Morgan fingerprint density at radius 3 is 2.74 bits per heavy atom. The lowest BCUT2D eigenvalue weighted by molar-refractivity contribution is -0.117. The summed E-state index contributed by atoms with van der Waals surface area (Å²) in [4.78, 5) is 26.2. The number of aromatic nitrogens is 1. The maximum Gasteiger partial charge on any atom is 0.254 e. The van der Waals surface area contributed by atoms with E-state index in [9.17, 15) is 9.59 Å². The van der Waals surface area contributed by atoms with Crippen molar-refractivity contribution in [2.45, 2.75) is 13.8 Å². The van der Waals surface area contributed by atoms with E-state index in [4.69, 9.17) is 11.6 Å². The molecule has 0 fully saturated rings. The third kappa shape index (κ3) is 5.10. The molecule has 1 N–H and O–H groups in total. The van der Waals surface area contributed by atoms with Crippen molar-refractivity contribution < 1.29 is 14.1 Å². The predicted molar refractivity (Wildman–Crippen MR) is 87.3 cm³/mol. The Hall–Kier alpha value is -2.34. The number of amides is 2. The Morgan fingerprint density at radius 2 is 2.13 bits per heavy atom. The third-order valence-corrected chi connectivity index (χ3v) is 3.22. The molecule has 0 bridgehead atoms. The fraction of sp³-hybridized carbons (Fsp3) is 0.312. The molecule has 0 unspecified atom stereocenters. The summed E-state index contributed by atoms with van der Waals surface area (Å²) in [7, 11) is 0. The molecule has 2 amide bonds. The lowest BCUT2D eigenvalue weighted by Crippen LogP contribution is -2.40. The highest BCUT2D eigenvalue weighted by molar-refractivity contribution is 6.31. The van der Waals surface area contributed by atoms with Gasteiger partial charge >= 0.3 is 0 Å². The number of anilines is 1. The maximum atomic E-state index is 12.6. The van der Waals surface area contributed by atoms with E-state index in [0.717, 1.165) is 0 Å². The van der Waals surface area contributed by atoms with E-state index >= 15 is 0 Å². The molecule has 122 valence electrons. The van der Waals surface area contributed by atoms with Gasteiger partial charge in [-0.1, -0.05) is 36.7 Å². The van der Waals surface area contributed by atoms with Gasteiger partial charge in [-0.3, -0.25) is 9.59 Å². The number of halogens is 1. The normalized spacial score (nSPS) is 10.6. The number of carbonyl (C=O) groups is 2. The van der Waals surface area contributed by atoms with Crippen molar-refractivity contribution in [2.24, 2.45) is 5.92 Å². The molecule has 2 rings (SSSR count). The number of nitrogens with one attached hydrogen (secondary N) is 1. The second kappa shape index (κ2) is 7.78. The number of nitrogens with zero attached hydrogens (tertiary/aromatic N) is 2. The second-order valence-electron chi connectivity index (χ2n) is 5.52. The summed E-state index contributed by atoms with van der Waals surface area (Å²) in [6, 6.07) is 8.20. The number of hydrogen-bond donors (Lipinski definition) is 1. The highest BCUT2D eigenvalue weighted by Gasteiger charge is 2.20. The molecule has 1 heterocycles. The van der Waals surface area contributed by atoms with Crippen molar-refractivity contribution in [1.29, 1.82) is 0 Å². The van der Waals surface area contributed by atoms with Crippen LogP contribution in [0.25, 0.3) is 0 Å². The van der Waals surface area contributed by atoms with Crippen LogP contribution < -0.4 is 5.32 Å². The highest BCUT2D eigenvalue weighted by Crippen LogP contribution is 2.14. The summed E-state index contributed by atoms with van der Waals surface area (Å²) in [6.07, 6.45) is 1.36. The summed E-state index contributed by atoms with van der Waals surface area (Å²) in [5, 5.41) is 6.67. The molecule has 7 heteroatoms. The Labute approximate surface area is 139 Å². The standard InChI is InChI=1S/C16H18ClN3O3/c1-11(2)9-20(10-15(21)18-14-6-7-23-19-14)16(22)12-4-3-5-13(17)8-12/h3-8,11H,9-10H2,1-2H3,(H,18,19,21). The number of hydrogen-bond acceptors (Lipinski definition) is 4. The first-order valence-corrected chi connectivity index (χ1v) is 7.58. The van der Waals surface area contributed by atoms with Crippen LogP contribution in [0.4, 0.5) is 5.82 Å².